The molecular formula is C14H26IN5O. The van der Waals surface area contributed by atoms with Crippen molar-refractivity contribution in [1.29, 1.82) is 0 Å². The predicted octanol–water partition coefficient (Wildman–Crippen LogP) is 1.36. The van der Waals surface area contributed by atoms with Crippen LogP contribution in [0.25, 0.3) is 0 Å². The summed E-state index contributed by atoms with van der Waals surface area (Å²) in [6.07, 6.45) is 9.18. The van der Waals surface area contributed by atoms with E-state index < -0.39 is 0 Å². The number of hydrogen-bond donors (Lipinski definition) is 3. The summed E-state index contributed by atoms with van der Waals surface area (Å²) in [5.41, 5.74) is 0. The lowest BCUT2D eigenvalue weighted by Crippen LogP contribution is -2.45. The van der Waals surface area contributed by atoms with Gasteiger partial charge < -0.3 is 20.3 Å². The average molecular weight is 407 g/mol. The van der Waals surface area contributed by atoms with Gasteiger partial charge >= 0.3 is 0 Å². The van der Waals surface area contributed by atoms with Gasteiger partial charge in [-0.3, -0.25) is 4.99 Å². The Morgan fingerprint density at radius 1 is 1.38 bits per heavy atom. The summed E-state index contributed by atoms with van der Waals surface area (Å²) in [6.45, 7) is 4.48. The molecule has 0 atom stereocenters. The highest BCUT2D eigenvalue weighted by molar-refractivity contribution is 14.0. The van der Waals surface area contributed by atoms with Crippen LogP contribution in [0.1, 0.15) is 32.6 Å². The molecule has 0 aliphatic heterocycles. The molecule has 0 bridgehead atoms. The zero-order valence-electron chi connectivity index (χ0n) is 12.5. The molecule has 1 aromatic heterocycles. The lowest BCUT2D eigenvalue weighted by atomic mass is 9.93. The van der Waals surface area contributed by atoms with Gasteiger partial charge in [0.05, 0.1) is 19.0 Å². The molecule has 1 aromatic rings. The quantitative estimate of drug-likeness (QED) is 0.392. The number of halogens is 1. The minimum Gasteiger partial charge on any atom is -0.393 e. The highest BCUT2D eigenvalue weighted by atomic mass is 127. The number of guanidine groups is 1. The van der Waals surface area contributed by atoms with E-state index in [9.17, 15) is 5.11 Å². The first kappa shape index (κ1) is 18.2. The predicted molar refractivity (Wildman–Crippen MR) is 95.0 cm³/mol. The first-order valence-electron chi connectivity index (χ1n) is 7.46. The highest BCUT2D eigenvalue weighted by Gasteiger charge is 2.19. The highest BCUT2D eigenvalue weighted by Crippen LogP contribution is 2.18. The van der Waals surface area contributed by atoms with Crippen LogP contribution in [0.5, 0.6) is 0 Å². The Hall–Kier alpha value is -0.830. The summed E-state index contributed by atoms with van der Waals surface area (Å²) in [5, 5.41) is 16.3. The van der Waals surface area contributed by atoms with E-state index in [1.165, 1.54) is 0 Å². The molecular weight excluding hydrogens is 381 g/mol. The van der Waals surface area contributed by atoms with Crippen molar-refractivity contribution in [3.63, 3.8) is 0 Å². The van der Waals surface area contributed by atoms with Crippen LogP contribution in [-0.4, -0.2) is 45.9 Å². The van der Waals surface area contributed by atoms with E-state index in [0.717, 1.165) is 51.3 Å². The Bertz CT molecular complexity index is 402. The Balaban J connectivity index is 0.00000220. The van der Waals surface area contributed by atoms with Crippen molar-refractivity contribution in [1.82, 2.24) is 20.2 Å². The van der Waals surface area contributed by atoms with E-state index in [1.807, 2.05) is 10.8 Å². The zero-order valence-corrected chi connectivity index (χ0v) is 14.9. The normalized spacial score (nSPS) is 22.5. The molecule has 21 heavy (non-hydrogen) atoms. The summed E-state index contributed by atoms with van der Waals surface area (Å²) < 4.78 is 2.02. The van der Waals surface area contributed by atoms with Gasteiger partial charge in [-0.15, -0.1) is 24.0 Å². The molecule has 1 heterocycles. The second kappa shape index (κ2) is 9.99. The minimum absolute atomic E-state index is 0. The zero-order chi connectivity index (χ0) is 14.2. The summed E-state index contributed by atoms with van der Waals surface area (Å²) >= 11 is 0. The number of hydrogen-bond acceptors (Lipinski definition) is 3. The van der Waals surface area contributed by atoms with E-state index in [1.54, 1.807) is 12.5 Å². The van der Waals surface area contributed by atoms with E-state index in [4.69, 9.17) is 0 Å². The van der Waals surface area contributed by atoms with Crippen molar-refractivity contribution in [2.75, 3.05) is 13.1 Å². The molecule has 0 saturated heterocycles. The van der Waals surface area contributed by atoms with Crippen LogP contribution in [-0.2, 0) is 6.54 Å². The summed E-state index contributed by atoms with van der Waals surface area (Å²) in [4.78, 5) is 8.60. The van der Waals surface area contributed by atoms with Crippen molar-refractivity contribution in [3.05, 3.63) is 18.7 Å². The molecule has 0 amide bonds. The molecule has 7 heteroatoms. The number of aliphatic imine (C=N–C) groups is 1. The second-order valence-electron chi connectivity index (χ2n) is 5.21. The Morgan fingerprint density at radius 3 is 2.76 bits per heavy atom. The van der Waals surface area contributed by atoms with Gasteiger partial charge in [-0.1, -0.05) is 0 Å². The molecule has 120 valence electrons. The maximum absolute atomic E-state index is 9.53. The standard InChI is InChI=1S/C14H25N5O.HI/c1-2-16-14(17-8-10-19-9-7-15-11-19)18-12-3-5-13(20)6-4-12;/h7,9,11-13,20H,2-6,8,10H2,1H3,(H2,16,17,18);1H. The molecule has 1 aliphatic rings. The van der Waals surface area contributed by atoms with Crippen molar-refractivity contribution < 1.29 is 5.11 Å². The Morgan fingerprint density at radius 2 is 2.14 bits per heavy atom. The molecule has 0 aromatic carbocycles. The van der Waals surface area contributed by atoms with Gasteiger partial charge in [0.1, 0.15) is 0 Å². The molecule has 6 nitrogen and oxygen atoms in total. The number of imidazole rings is 1. The number of aliphatic hydroxyl groups is 1. The van der Waals surface area contributed by atoms with Crippen LogP contribution in [0, 0.1) is 0 Å². The first-order valence-corrected chi connectivity index (χ1v) is 7.46. The lowest BCUT2D eigenvalue weighted by Gasteiger charge is -2.27. The summed E-state index contributed by atoms with van der Waals surface area (Å²) in [7, 11) is 0. The van der Waals surface area contributed by atoms with Gasteiger partial charge in [-0.05, 0) is 32.6 Å². The van der Waals surface area contributed by atoms with Gasteiger partial charge in [0, 0.05) is 31.5 Å². The third kappa shape index (κ3) is 6.64. The number of aromatic nitrogens is 2. The molecule has 0 spiro atoms. The van der Waals surface area contributed by atoms with E-state index in [2.05, 4.69) is 27.5 Å². The van der Waals surface area contributed by atoms with Gasteiger partial charge in [0.2, 0.25) is 0 Å². The third-order valence-corrected chi connectivity index (χ3v) is 3.57. The van der Waals surface area contributed by atoms with E-state index in [0.29, 0.717) is 6.04 Å². The van der Waals surface area contributed by atoms with Crippen LogP contribution in [0.3, 0.4) is 0 Å². The fraction of sp³-hybridized carbons (Fsp3) is 0.714. The van der Waals surface area contributed by atoms with E-state index >= 15 is 0 Å². The molecule has 3 N–H and O–H groups in total. The molecule has 1 aliphatic carbocycles. The van der Waals surface area contributed by atoms with Crippen molar-refractivity contribution in [2.45, 2.75) is 51.3 Å². The number of rotatable bonds is 5. The largest absolute Gasteiger partial charge is 0.393 e. The maximum atomic E-state index is 9.53. The van der Waals surface area contributed by atoms with Crippen LogP contribution in [0.15, 0.2) is 23.7 Å². The fourth-order valence-corrected chi connectivity index (χ4v) is 2.43. The summed E-state index contributed by atoms with van der Waals surface area (Å²) in [6, 6.07) is 0.421. The van der Waals surface area contributed by atoms with Crippen LogP contribution in [0.4, 0.5) is 0 Å². The Kier molecular flexibility index (Phi) is 8.67. The number of nitrogens with zero attached hydrogens (tertiary/aromatic N) is 3. The average Bonchev–Trinajstić information content (AvgIpc) is 2.95. The molecule has 1 fully saturated rings. The molecule has 0 unspecified atom stereocenters. The van der Waals surface area contributed by atoms with Crippen LogP contribution >= 0.6 is 24.0 Å². The number of aliphatic hydroxyl groups excluding tert-OH is 1. The minimum atomic E-state index is -0.117. The summed E-state index contributed by atoms with van der Waals surface area (Å²) in [5.74, 6) is 0.869. The topological polar surface area (TPSA) is 74.5 Å². The van der Waals surface area contributed by atoms with Crippen LogP contribution in [0.2, 0.25) is 0 Å². The van der Waals surface area contributed by atoms with Crippen molar-refractivity contribution >= 4 is 29.9 Å². The van der Waals surface area contributed by atoms with Crippen molar-refractivity contribution in [3.8, 4) is 0 Å². The lowest BCUT2D eigenvalue weighted by molar-refractivity contribution is 0.120. The van der Waals surface area contributed by atoms with Gasteiger partial charge in [-0.25, -0.2) is 4.98 Å². The monoisotopic (exact) mass is 407 g/mol. The fourth-order valence-electron chi connectivity index (χ4n) is 2.43. The maximum Gasteiger partial charge on any atom is 0.191 e. The van der Waals surface area contributed by atoms with Crippen molar-refractivity contribution in [2.24, 2.45) is 4.99 Å². The van der Waals surface area contributed by atoms with Gasteiger partial charge in [0.15, 0.2) is 5.96 Å². The van der Waals surface area contributed by atoms with Gasteiger partial charge in [-0.2, -0.15) is 0 Å². The molecule has 1 saturated carbocycles. The molecule has 0 radical (unpaired) electrons. The first-order chi connectivity index (χ1) is 9.78. The Labute approximate surface area is 143 Å². The van der Waals surface area contributed by atoms with Crippen LogP contribution < -0.4 is 10.6 Å². The smallest absolute Gasteiger partial charge is 0.191 e. The van der Waals surface area contributed by atoms with Gasteiger partial charge in [0.25, 0.3) is 0 Å². The SMILES string of the molecule is CCNC(=NCCn1ccnc1)NC1CCC(O)CC1.I. The number of nitrogens with one attached hydrogen (secondary N) is 2. The molecule has 2 rings (SSSR count). The second-order valence-corrected chi connectivity index (χ2v) is 5.21. The van der Waals surface area contributed by atoms with E-state index in [-0.39, 0.29) is 30.1 Å². The third-order valence-electron chi connectivity index (χ3n) is 3.57.